The summed E-state index contributed by atoms with van der Waals surface area (Å²) in [4.78, 5) is 0. The van der Waals surface area contributed by atoms with Crippen LogP contribution in [0.2, 0.25) is 0 Å². The van der Waals surface area contributed by atoms with Gasteiger partial charge >= 0.3 is 0 Å². The summed E-state index contributed by atoms with van der Waals surface area (Å²) in [6.45, 7) is 4.15. The normalized spacial score (nSPS) is 10.2. The lowest BCUT2D eigenvalue weighted by Gasteiger charge is -2.14. The summed E-state index contributed by atoms with van der Waals surface area (Å²) >= 11 is 0. The van der Waals surface area contributed by atoms with E-state index in [-0.39, 0.29) is 0 Å². The molecule has 0 amide bonds. The predicted molar refractivity (Wildman–Crippen MR) is 73.3 cm³/mol. The molecule has 0 heterocycles. The molecule has 18 heavy (non-hydrogen) atoms. The van der Waals surface area contributed by atoms with Crippen LogP contribution in [-0.4, -0.2) is 14.2 Å². The highest BCUT2D eigenvalue weighted by molar-refractivity contribution is 5.76. The van der Waals surface area contributed by atoms with Crippen LogP contribution in [0.5, 0.6) is 11.5 Å². The van der Waals surface area contributed by atoms with Crippen LogP contribution in [-0.2, 0) is 0 Å². The Bertz CT molecular complexity index is 536. The highest BCUT2D eigenvalue weighted by Crippen LogP contribution is 2.35. The van der Waals surface area contributed by atoms with Gasteiger partial charge in [-0.05, 0) is 54.8 Å². The van der Waals surface area contributed by atoms with E-state index >= 15 is 0 Å². The van der Waals surface area contributed by atoms with Crippen molar-refractivity contribution < 1.29 is 9.47 Å². The fraction of sp³-hybridized carbons (Fsp3) is 0.250. The molecule has 0 aliphatic heterocycles. The fourth-order valence-corrected chi connectivity index (χ4v) is 2.22. The van der Waals surface area contributed by atoms with Crippen LogP contribution < -0.4 is 9.47 Å². The zero-order chi connectivity index (χ0) is 13.1. The Morgan fingerprint density at radius 3 is 2.22 bits per heavy atom. The van der Waals surface area contributed by atoms with Crippen LogP contribution in [0.4, 0.5) is 0 Å². The third-order valence-electron chi connectivity index (χ3n) is 3.03. The van der Waals surface area contributed by atoms with Gasteiger partial charge in [-0.25, -0.2) is 0 Å². The van der Waals surface area contributed by atoms with Crippen LogP contribution in [0.3, 0.4) is 0 Å². The van der Waals surface area contributed by atoms with Crippen LogP contribution in [0.25, 0.3) is 11.1 Å². The summed E-state index contributed by atoms with van der Waals surface area (Å²) in [6.07, 6.45) is 0. The summed E-state index contributed by atoms with van der Waals surface area (Å²) in [7, 11) is 3.37. The molecule has 0 saturated heterocycles. The third kappa shape index (κ3) is 2.19. The maximum absolute atomic E-state index is 5.40. The van der Waals surface area contributed by atoms with E-state index in [0.29, 0.717) is 0 Å². The van der Waals surface area contributed by atoms with Crippen molar-refractivity contribution in [2.24, 2.45) is 0 Å². The van der Waals surface area contributed by atoms with Crippen LogP contribution in [0.15, 0.2) is 30.3 Å². The van der Waals surface area contributed by atoms with Crippen molar-refractivity contribution in [3.63, 3.8) is 0 Å². The molecule has 0 aromatic heterocycles. The molecule has 2 nitrogen and oxygen atoms in total. The molecule has 0 fully saturated rings. The van der Waals surface area contributed by atoms with E-state index in [1.807, 2.05) is 30.3 Å². The van der Waals surface area contributed by atoms with E-state index in [0.717, 1.165) is 33.8 Å². The van der Waals surface area contributed by atoms with E-state index in [2.05, 4.69) is 19.9 Å². The second-order valence-electron chi connectivity index (χ2n) is 4.25. The lowest BCUT2D eigenvalue weighted by molar-refractivity contribution is 0.413. The first kappa shape index (κ1) is 12.5. The van der Waals surface area contributed by atoms with Crippen molar-refractivity contribution in [3.8, 4) is 22.6 Å². The van der Waals surface area contributed by atoms with Crippen molar-refractivity contribution in [2.45, 2.75) is 13.8 Å². The first-order valence-electron chi connectivity index (χ1n) is 5.87. The molecule has 0 atom stereocenters. The van der Waals surface area contributed by atoms with Gasteiger partial charge in [0.15, 0.2) is 0 Å². The minimum Gasteiger partial charge on any atom is -0.497 e. The van der Waals surface area contributed by atoms with Gasteiger partial charge in [-0.2, -0.15) is 0 Å². The first-order chi connectivity index (χ1) is 8.67. The summed E-state index contributed by atoms with van der Waals surface area (Å²) in [5.41, 5.74) is 4.48. The monoisotopic (exact) mass is 241 g/mol. The van der Waals surface area contributed by atoms with Gasteiger partial charge < -0.3 is 9.47 Å². The Morgan fingerprint density at radius 2 is 1.67 bits per heavy atom. The van der Waals surface area contributed by atoms with E-state index in [1.165, 1.54) is 0 Å². The Morgan fingerprint density at radius 1 is 1.00 bits per heavy atom. The molecule has 2 heteroatoms. The average molecular weight is 241 g/mol. The second kappa shape index (κ2) is 5.13. The summed E-state index contributed by atoms with van der Waals surface area (Å²) in [6, 6.07) is 13.1. The highest BCUT2D eigenvalue weighted by Gasteiger charge is 2.12. The van der Waals surface area contributed by atoms with Gasteiger partial charge in [0.2, 0.25) is 0 Å². The molecule has 0 aliphatic rings. The van der Waals surface area contributed by atoms with Gasteiger partial charge in [0.25, 0.3) is 0 Å². The number of ether oxygens (including phenoxy) is 2. The number of benzene rings is 2. The SMILES string of the molecule is COc1cc(C)c(-c2[c]cccc2OC)c(C)c1. The number of aryl methyl sites for hydroxylation is 2. The fourth-order valence-electron chi connectivity index (χ4n) is 2.22. The quantitative estimate of drug-likeness (QED) is 0.814. The van der Waals surface area contributed by atoms with Crippen molar-refractivity contribution in [1.29, 1.82) is 0 Å². The van der Waals surface area contributed by atoms with Crippen molar-refractivity contribution in [3.05, 3.63) is 47.5 Å². The standard InChI is InChI=1S/C16H17O2/c1-11-9-13(17-3)10-12(2)16(11)14-7-5-6-8-15(14)18-4/h5-6,8-10H,1-4H3. The zero-order valence-corrected chi connectivity index (χ0v) is 11.2. The minimum atomic E-state index is 0.842. The molecule has 2 aromatic carbocycles. The molecule has 0 saturated carbocycles. The molecular formula is C16H17O2. The summed E-state index contributed by atoms with van der Waals surface area (Å²) < 4.78 is 10.7. The van der Waals surface area contributed by atoms with E-state index in [4.69, 9.17) is 9.47 Å². The van der Waals surface area contributed by atoms with E-state index in [9.17, 15) is 0 Å². The number of hydrogen-bond acceptors (Lipinski definition) is 2. The van der Waals surface area contributed by atoms with Gasteiger partial charge in [0.05, 0.1) is 14.2 Å². The molecule has 0 bridgehead atoms. The zero-order valence-electron chi connectivity index (χ0n) is 11.2. The molecule has 2 rings (SSSR count). The number of methoxy groups -OCH3 is 2. The molecule has 0 N–H and O–H groups in total. The topological polar surface area (TPSA) is 18.5 Å². The Hall–Kier alpha value is -1.96. The highest BCUT2D eigenvalue weighted by atomic mass is 16.5. The van der Waals surface area contributed by atoms with Crippen molar-refractivity contribution >= 4 is 0 Å². The molecule has 0 unspecified atom stereocenters. The maximum Gasteiger partial charge on any atom is 0.127 e. The maximum atomic E-state index is 5.40. The van der Waals surface area contributed by atoms with Gasteiger partial charge in [0, 0.05) is 5.56 Å². The first-order valence-corrected chi connectivity index (χ1v) is 5.87. The lowest BCUT2D eigenvalue weighted by atomic mass is 9.95. The number of rotatable bonds is 3. The molecule has 93 valence electrons. The van der Waals surface area contributed by atoms with Crippen molar-refractivity contribution in [1.82, 2.24) is 0 Å². The lowest BCUT2D eigenvalue weighted by Crippen LogP contribution is -1.94. The van der Waals surface area contributed by atoms with Crippen LogP contribution in [0, 0.1) is 19.9 Å². The van der Waals surface area contributed by atoms with Gasteiger partial charge in [-0.3, -0.25) is 0 Å². The molecule has 2 aromatic rings. The van der Waals surface area contributed by atoms with Gasteiger partial charge in [-0.1, -0.05) is 12.1 Å². The van der Waals surface area contributed by atoms with Crippen molar-refractivity contribution in [2.75, 3.05) is 14.2 Å². The van der Waals surface area contributed by atoms with E-state index < -0.39 is 0 Å². The number of hydrogen-bond donors (Lipinski definition) is 0. The summed E-state index contributed by atoms with van der Waals surface area (Å²) in [5, 5.41) is 0. The molecular weight excluding hydrogens is 224 g/mol. The molecule has 1 radical (unpaired) electrons. The Balaban J connectivity index is 2.64. The average Bonchev–Trinajstić information content (AvgIpc) is 2.38. The van der Waals surface area contributed by atoms with E-state index in [1.54, 1.807) is 14.2 Å². The smallest absolute Gasteiger partial charge is 0.127 e. The largest absolute Gasteiger partial charge is 0.497 e. The third-order valence-corrected chi connectivity index (χ3v) is 3.03. The van der Waals surface area contributed by atoms with Gasteiger partial charge in [0.1, 0.15) is 11.5 Å². The Kier molecular flexibility index (Phi) is 3.56. The second-order valence-corrected chi connectivity index (χ2v) is 4.25. The van der Waals surface area contributed by atoms with Crippen LogP contribution >= 0.6 is 0 Å². The predicted octanol–water partition coefficient (Wildman–Crippen LogP) is 3.79. The summed E-state index contributed by atoms with van der Waals surface area (Å²) in [5.74, 6) is 1.72. The Labute approximate surface area is 108 Å². The van der Waals surface area contributed by atoms with Crippen LogP contribution in [0.1, 0.15) is 11.1 Å². The molecule has 0 aliphatic carbocycles. The minimum absolute atomic E-state index is 0.842. The molecule has 0 spiro atoms. The van der Waals surface area contributed by atoms with Gasteiger partial charge in [-0.15, -0.1) is 0 Å².